The minimum atomic E-state index is -1.55. The van der Waals surface area contributed by atoms with E-state index < -0.39 is 17.4 Å². The van der Waals surface area contributed by atoms with Gasteiger partial charge in [0.25, 0.3) is 0 Å². The van der Waals surface area contributed by atoms with Crippen LogP contribution in [0.5, 0.6) is 0 Å². The predicted octanol–water partition coefficient (Wildman–Crippen LogP) is 3.46. The number of ether oxygens (including phenoxy) is 4. The first-order valence-corrected chi connectivity index (χ1v) is 8.99. The molecule has 1 unspecified atom stereocenters. The van der Waals surface area contributed by atoms with Crippen LogP contribution in [0, 0.1) is 5.41 Å². The van der Waals surface area contributed by atoms with Gasteiger partial charge >= 0.3 is 11.9 Å². The van der Waals surface area contributed by atoms with E-state index in [0.717, 1.165) is 16.3 Å². The molecular weight excluding hydrogens is 348 g/mol. The molecule has 6 nitrogen and oxygen atoms in total. The minimum absolute atomic E-state index is 0.149. The molecule has 0 aliphatic carbocycles. The second-order valence-electron chi connectivity index (χ2n) is 6.27. The maximum absolute atomic E-state index is 12.4. The summed E-state index contributed by atoms with van der Waals surface area (Å²) in [6.45, 7) is 5.39. The molecule has 146 valence electrons. The Bertz CT molecular complexity index is 772. The maximum atomic E-state index is 12.4. The Balaban J connectivity index is 2.03. The van der Waals surface area contributed by atoms with Crippen LogP contribution in [0.2, 0.25) is 0 Å². The molecule has 2 aromatic carbocycles. The van der Waals surface area contributed by atoms with Crippen molar-refractivity contribution >= 4 is 22.7 Å². The summed E-state index contributed by atoms with van der Waals surface area (Å²) in [5, 5.41) is 2.24. The Morgan fingerprint density at radius 2 is 1.59 bits per heavy atom. The Kier molecular flexibility index (Phi) is 7.76. The van der Waals surface area contributed by atoms with E-state index in [2.05, 4.69) is 0 Å². The quantitative estimate of drug-likeness (QED) is 0.274. The van der Waals surface area contributed by atoms with Crippen molar-refractivity contribution in [3.8, 4) is 0 Å². The van der Waals surface area contributed by atoms with Gasteiger partial charge in [0.05, 0.1) is 19.8 Å². The van der Waals surface area contributed by atoms with Gasteiger partial charge in [-0.15, -0.1) is 0 Å². The molecule has 27 heavy (non-hydrogen) atoms. The molecule has 0 spiro atoms. The number of esters is 2. The van der Waals surface area contributed by atoms with Crippen LogP contribution in [0.1, 0.15) is 26.3 Å². The Hall–Kier alpha value is -2.44. The number of carbonyl (C=O) groups excluding carboxylic acids is 2. The van der Waals surface area contributed by atoms with Gasteiger partial charge in [0.2, 0.25) is 0 Å². The maximum Gasteiger partial charge on any atom is 0.327 e. The second kappa shape index (κ2) is 10.0. The highest BCUT2D eigenvalue weighted by molar-refractivity contribution is 5.99. The van der Waals surface area contributed by atoms with Crippen molar-refractivity contribution in [2.24, 2.45) is 5.41 Å². The summed E-state index contributed by atoms with van der Waals surface area (Å²) in [6, 6.07) is 14.0. The smallest absolute Gasteiger partial charge is 0.327 e. The number of hydrogen-bond acceptors (Lipinski definition) is 6. The Labute approximate surface area is 159 Å². The molecule has 0 N–H and O–H groups in total. The first kappa shape index (κ1) is 20.9. The van der Waals surface area contributed by atoms with Crippen LogP contribution in [0.25, 0.3) is 10.8 Å². The van der Waals surface area contributed by atoms with Gasteiger partial charge in [0.15, 0.2) is 12.2 Å². The monoisotopic (exact) mass is 374 g/mol. The largest absolute Gasteiger partial charge is 0.465 e. The van der Waals surface area contributed by atoms with Gasteiger partial charge < -0.3 is 18.9 Å². The van der Waals surface area contributed by atoms with Crippen LogP contribution in [0.3, 0.4) is 0 Å². The summed E-state index contributed by atoms with van der Waals surface area (Å²) in [6.07, 6.45) is 0. The fourth-order valence-electron chi connectivity index (χ4n) is 2.53. The molecule has 0 aromatic heterocycles. The van der Waals surface area contributed by atoms with Crippen molar-refractivity contribution < 1.29 is 28.5 Å². The average Bonchev–Trinajstić information content (AvgIpc) is 2.68. The normalized spacial score (nSPS) is 13.1. The number of carbonyl (C=O) groups is 2. The molecule has 0 heterocycles. The average molecular weight is 374 g/mol. The van der Waals surface area contributed by atoms with Crippen LogP contribution in [-0.2, 0) is 35.1 Å². The highest BCUT2D eigenvalue weighted by atomic mass is 16.7. The summed E-state index contributed by atoms with van der Waals surface area (Å²) in [5.74, 6) is -1.40. The number of fused-ring (bicyclic) bond motifs is 1. The molecule has 0 aliphatic heterocycles. The highest BCUT2D eigenvalue weighted by Gasteiger charge is 2.45. The lowest BCUT2D eigenvalue weighted by molar-refractivity contribution is -0.183. The van der Waals surface area contributed by atoms with Crippen LogP contribution in [0.15, 0.2) is 42.5 Å². The summed E-state index contributed by atoms with van der Waals surface area (Å²) in [7, 11) is 0. The first-order valence-electron chi connectivity index (χ1n) is 8.99. The molecule has 0 bridgehead atoms. The number of benzene rings is 2. The zero-order valence-electron chi connectivity index (χ0n) is 16.0. The lowest BCUT2D eigenvalue weighted by atomic mass is 9.92. The van der Waals surface area contributed by atoms with Crippen molar-refractivity contribution in [3.63, 3.8) is 0 Å². The van der Waals surface area contributed by atoms with Gasteiger partial charge in [0.1, 0.15) is 0 Å². The summed E-state index contributed by atoms with van der Waals surface area (Å²) in [4.78, 5) is 24.7. The standard InChI is InChI=1S/C21H26O6/c1-4-24-15-27-20(23)21(3,19(22)26-5-2)14-25-13-16-10-11-17-8-6-7-9-18(17)12-16/h6-12H,4-5,13-15H2,1-3H3. The fourth-order valence-corrected chi connectivity index (χ4v) is 2.53. The third kappa shape index (κ3) is 5.52. The zero-order chi connectivity index (χ0) is 19.7. The zero-order valence-corrected chi connectivity index (χ0v) is 16.0. The lowest BCUT2D eigenvalue weighted by Gasteiger charge is -2.25. The molecular formula is C21H26O6. The van der Waals surface area contributed by atoms with Gasteiger partial charge in [-0.2, -0.15) is 0 Å². The lowest BCUT2D eigenvalue weighted by Crippen LogP contribution is -2.43. The van der Waals surface area contributed by atoms with Crippen molar-refractivity contribution in [1.29, 1.82) is 0 Å². The first-order chi connectivity index (χ1) is 13.0. The minimum Gasteiger partial charge on any atom is -0.465 e. The Morgan fingerprint density at radius 3 is 2.30 bits per heavy atom. The van der Waals surface area contributed by atoms with Crippen LogP contribution >= 0.6 is 0 Å². The molecule has 0 aliphatic rings. The number of hydrogen-bond donors (Lipinski definition) is 0. The highest BCUT2D eigenvalue weighted by Crippen LogP contribution is 2.23. The third-order valence-electron chi connectivity index (χ3n) is 4.13. The molecule has 2 aromatic rings. The van der Waals surface area contributed by atoms with Gasteiger partial charge in [0, 0.05) is 6.61 Å². The fraction of sp³-hybridized carbons (Fsp3) is 0.429. The van der Waals surface area contributed by atoms with Gasteiger partial charge in [-0.1, -0.05) is 36.4 Å². The van der Waals surface area contributed by atoms with Crippen LogP contribution < -0.4 is 0 Å². The van der Waals surface area contributed by atoms with E-state index >= 15 is 0 Å². The molecule has 0 radical (unpaired) electrons. The van der Waals surface area contributed by atoms with Crippen molar-refractivity contribution in [2.45, 2.75) is 27.4 Å². The van der Waals surface area contributed by atoms with Crippen LogP contribution in [-0.4, -0.2) is 38.6 Å². The van der Waals surface area contributed by atoms with E-state index in [4.69, 9.17) is 18.9 Å². The van der Waals surface area contributed by atoms with E-state index in [9.17, 15) is 9.59 Å². The third-order valence-corrected chi connectivity index (χ3v) is 4.13. The molecule has 1 atom stereocenters. The van der Waals surface area contributed by atoms with Crippen LogP contribution in [0.4, 0.5) is 0 Å². The van der Waals surface area contributed by atoms with Gasteiger partial charge in [-0.25, -0.2) is 0 Å². The SMILES string of the molecule is CCOCOC(=O)C(C)(COCc1ccc2ccccc2c1)C(=O)OCC. The van der Waals surface area contributed by atoms with E-state index in [1.54, 1.807) is 13.8 Å². The van der Waals surface area contributed by atoms with E-state index in [1.165, 1.54) is 6.92 Å². The van der Waals surface area contributed by atoms with E-state index in [0.29, 0.717) is 6.61 Å². The molecule has 6 heteroatoms. The molecule has 0 saturated heterocycles. The summed E-state index contributed by atoms with van der Waals surface area (Å²) in [5.41, 5.74) is -0.605. The Morgan fingerprint density at radius 1 is 0.889 bits per heavy atom. The number of rotatable bonds is 10. The van der Waals surface area contributed by atoms with Gasteiger partial charge in [-0.3, -0.25) is 9.59 Å². The summed E-state index contributed by atoms with van der Waals surface area (Å²) >= 11 is 0. The van der Waals surface area contributed by atoms with Crippen molar-refractivity contribution in [2.75, 3.05) is 26.6 Å². The van der Waals surface area contributed by atoms with Gasteiger partial charge in [-0.05, 0) is 43.2 Å². The van der Waals surface area contributed by atoms with E-state index in [-0.39, 0.29) is 26.6 Å². The molecule has 0 amide bonds. The molecule has 2 rings (SSSR count). The molecule has 0 saturated carbocycles. The molecule has 0 fully saturated rings. The van der Waals surface area contributed by atoms with Crippen molar-refractivity contribution in [1.82, 2.24) is 0 Å². The predicted molar refractivity (Wildman–Crippen MR) is 101 cm³/mol. The second-order valence-corrected chi connectivity index (χ2v) is 6.27. The summed E-state index contributed by atoms with van der Waals surface area (Å²) < 4.78 is 20.8. The van der Waals surface area contributed by atoms with E-state index in [1.807, 2.05) is 42.5 Å². The topological polar surface area (TPSA) is 71.1 Å². The van der Waals surface area contributed by atoms with Crippen molar-refractivity contribution in [3.05, 3.63) is 48.0 Å².